The Labute approximate surface area is 126 Å². The van der Waals surface area contributed by atoms with Gasteiger partial charge in [-0.25, -0.2) is 8.42 Å². The molecule has 0 radical (unpaired) electrons. The van der Waals surface area contributed by atoms with Crippen molar-refractivity contribution in [2.24, 2.45) is 10.9 Å². The quantitative estimate of drug-likeness (QED) is 0.616. The minimum absolute atomic E-state index is 0.234. The fourth-order valence-electron chi connectivity index (χ4n) is 2.76. The first-order valence-electron chi connectivity index (χ1n) is 7.31. The summed E-state index contributed by atoms with van der Waals surface area (Å²) in [6, 6.07) is 0. The SMILES string of the molecule is CCC1CN(C(=NC)NCC2CCS(=O)(=O)C2)CCS1. The Morgan fingerprint density at radius 2 is 2.30 bits per heavy atom. The zero-order chi connectivity index (χ0) is 14.6. The van der Waals surface area contributed by atoms with Gasteiger partial charge in [-0.05, 0) is 18.8 Å². The van der Waals surface area contributed by atoms with Crippen LogP contribution in [0.3, 0.4) is 0 Å². The smallest absolute Gasteiger partial charge is 0.193 e. The fourth-order valence-corrected chi connectivity index (χ4v) is 5.80. The monoisotopic (exact) mass is 319 g/mol. The Morgan fingerprint density at radius 1 is 1.50 bits per heavy atom. The third-order valence-corrected chi connectivity index (χ3v) is 7.19. The molecule has 116 valence electrons. The van der Waals surface area contributed by atoms with Crippen LogP contribution in [-0.4, -0.2) is 68.5 Å². The topological polar surface area (TPSA) is 61.8 Å². The van der Waals surface area contributed by atoms with E-state index in [0.717, 1.165) is 31.2 Å². The fraction of sp³-hybridized carbons (Fsp3) is 0.923. The molecule has 2 heterocycles. The van der Waals surface area contributed by atoms with Crippen molar-refractivity contribution in [3.05, 3.63) is 0 Å². The number of aliphatic imine (C=N–C) groups is 1. The second kappa shape index (κ2) is 7.02. The summed E-state index contributed by atoms with van der Waals surface area (Å²) in [5.41, 5.74) is 0. The lowest BCUT2D eigenvalue weighted by molar-refractivity contribution is 0.403. The molecule has 2 fully saturated rings. The number of guanidine groups is 1. The van der Waals surface area contributed by atoms with Gasteiger partial charge in [0.1, 0.15) is 0 Å². The predicted octanol–water partition coefficient (Wildman–Crippen LogP) is 0.824. The van der Waals surface area contributed by atoms with E-state index in [1.807, 2.05) is 11.8 Å². The van der Waals surface area contributed by atoms with Crippen LogP contribution in [0.15, 0.2) is 4.99 Å². The number of hydrogen-bond acceptors (Lipinski definition) is 4. The number of thioether (sulfide) groups is 1. The molecule has 0 aromatic heterocycles. The number of nitrogens with one attached hydrogen (secondary N) is 1. The Bertz CT molecular complexity index is 451. The molecule has 0 aromatic carbocycles. The van der Waals surface area contributed by atoms with Crippen molar-refractivity contribution in [2.75, 3.05) is 43.9 Å². The maximum atomic E-state index is 11.5. The molecule has 0 aromatic rings. The molecule has 5 nitrogen and oxygen atoms in total. The van der Waals surface area contributed by atoms with Gasteiger partial charge in [0.25, 0.3) is 0 Å². The van der Waals surface area contributed by atoms with E-state index in [-0.39, 0.29) is 5.92 Å². The zero-order valence-electron chi connectivity index (χ0n) is 12.3. The first-order valence-corrected chi connectivity index (χ1v) is 10.2. The molecule has 0 spiro atoms. The van der Waals surface area contributed by atoms with Gasteiger partial charge >= 0.3 is 0 Å². The van der Waals surface area contributed by atoms with Gasteiger partial charge in [-0.15, -0.1) is 0 Å². The van der Waals surface area contributed by atoms with E-state index in [9.17, 15) is 8.42 Å². The Kier molecular flexibility index (Phi) is 5.60. The minimum Gasteiger partial charge on any atom is -0.356 e. The molecule has 2 atom stereocenters. The maximum absolute atomic E-state index is 11.5. The molecular weight excluding hydrogens is 294 g/mol. The summed E-state index contributed by atoms with van der Waals surface area (Å²) in [4.78, 5) is 6.65. The average molecular weight is 319 g/mol. The van der Waals surface area contributed by atoms with Crippen LogP contribution < -0.4 is 5.32 Å². The Hall–Kier alpha value is -0.430. The van der Waals surface area contributed by atoms with Crippen molar-refractivity contribution in [3.8, 4) is 0 Å². The van der Waals surface area contributed by atoms with Gasteiger partial charge < -0.3 is 10.2 Å². The summed E-state index contributed by atoms with van der Waals surface area (Å²) in [7, 11) is -0.982. The molecular formula is C13H25N3O2S2. The van der Waals surface area contributed by atoms with Crippen LogP contribution >= 0.6 is 11.8 Å². The van der Waals surface area contributed by atoms with E-state index >= 15 is 0 Å². The van der Waals surface area contributed by atoms with Crippen LogP contribution in [-0.2, 0) is 9.84 Å². The first kappa shape index (κ1) is 15.9. The van der Waals surface area contributed by atoms with Gasteiger partial charge in [0.05, 0.1) is 11.5 Å². The van der Waals surface area contributed by atoms with Crippen LogP contribution in [0.5, 0.6) is 0 Å². The molecule has 7 heteroatoms. The van der Waals surface area contributed by atoms with E-state index in [1.165, 1.54) is 6.42 Å². The maximum Gasteiger partial charge on any atom is 0.193 e. The number of rotatable bonds is 3. The molecule has 0 bridgehead atoms. The predicted molar refractivity (Wildman–Crippen MR) is 86.2 cm³/mol. The van der Waals surface area contributed by atoms with Gasteiger partial charge in [-0.1, -0.05) is 6.92 Å². The summed E-state index contributed by atoms with van der Waals surface area (Å²) >= 11 is 2.03. The number of nitrogens with zero attached hydrogens (tertiary/aromatic N) is 2. The van der Waals surface area contributed by atoms with E-state index in [4.69, 9.17) is 0 Å². The van der Waals surface area contributed by atoms with Crippen molar-refractivity contribution in [1.29, 1.82) is 0 Å². The van der Waals surface area contributed by atoms with Crippen molar-refractivity contribution >= 4 is 27.6 Å². The van der Waals surface area contributed by atoms with E-state index < -0.39 is 9.84 Å². The third kappa shape index (κ3) is 4.28. The molecule has 0 amide bonds. The van der Waals surface area contributed by atoms with Gasteiger partial charge in [-0.2, -0.15) is 11.8 Å². The number of hydrogen-bond donors (Lipinski definition) is 1. The second-order valence-corrected chi connectivity index (χ2v) is 9.18. The van der Waals surface area contributed by atoms with Crippen molar-refractivity contribution in [2.45, 2.75) is 25.0 Å². The van der Waals surface area contributed by atoms with Gasteiger partial charge in [0.15, 0.2) is 15.8 Å². The van der Waals surface area contributed by atoms with Crippen LogP contribution in [0.25, 0.3) is 0 Å². The number of sulfone groups is 1. The molecule has 2 saturated heterocycles. The van der Waals surface area contributed by atoms with E-state index in [0.29, 0.717) is 23.3 Å². The van der Waals surface area contributed by atoms with Gasteiger partial charge in [0, 0.05) is 37.7 Å². The Morgan fingerprint density at radius 3 is 2.90 bits per heavy atom. The first-order chi connectivity index (χ1) is 9.54. The highest BCUT2D eigenvalue weighted by Crippen LogP contribution is 2.21. The molecule has 2 aliphatic rings. The van der Waals surface area contributed by atoms with Crippen molar-refractivity contribution in [1.82, 2.24) is 10.2 Å². The van der Waals surface area contributed by atoms with Crippen LogP contribution in [0.2, 0.25) is 0 Å². The van der Waals surface area contributed by atoms with Crippen molar-refractivity contribution in [3.63, 3.8) is 0 Å². The molecule has 0 saturated carbocycles. The lowest BCUT2D eigenvalue weighted by atomic mass is 10.1. The zero-order valence-corrected chi connectivity index (χ0v) is 14.0. The van der Waals surface area contributed by atoms with Gasteiger partial charge in [0.2, 0.25) is 0 Å². The molecule has 2 rings (SSSR count). The Balaban J connectivity index is 1.84. The van der Waals surface area contributed by atoms with Gasteiger partial charge in [-0.3, -0.25) is 4.99 Å². The largest absolute Gasteiger partial charge is 0.356 e. The second-order valence-electron chi connectivity index (χ2n) is 5.54. The molecule has 20 heavy (non-hydrogen) atoms. The average Bonchev–Trinajstić information content (AvgIpc) is 2.79. The van der Waals surface area contributed by atoms with E-state index in [1.54, 1.807) is 7.05 Å². The summed E-state index contributed by atoms with van der Waals surface area (Å²) in [5, 5.41) is 4.04. The highest BCUT2D eigenvalue weighted by atomic mass is 32.2. The summed E-state index contributed by atoms with van der Waals surface area (Å²) < 4.78 is 22.9. The van der Waals surface area contributed by atoms with E-state index in [2.05, 4.69) is 22.1 Å². The third-order valence-electron chi connectivity index (χ3n) is 3.98. The summed E-state index contributed by atoms with van der Waals surface area (Å²) in [6.07, 6.45) is 1.96. The molecule has 2 aliphatic heterocycles. The molecule has 0 aliphatic carbocycles. The summed E-state index contributed by atoms with van der Waals surface area (Å²) in [6.45, 7) is 4.99. The standard InChI is InChI=1S/C13H25N3O2S2/c1-3-12-9-16(5-6-19-12)13(14-2)15-8-11-4-7-20(17,18)10-11/h11-12H,3-10H2,1-2H3,(H,14,15). The van der Waals surface area contributed by atoms with Crippen LogP contribution in [0.1, 0.15) is 19.8 Å². The minimum atomic E-state index is -2.78. The van der Waals surface area contributed by atoms with Crippen LogP contribution in [0.4, 0.5) is 0 Å². The van der Waals surface area contributed by atoms with Crippen molar-refractivity contribution < 1.29 is 8.42 Å². The summed E-state index contributed by atoms with van der Waals surface area (Å²) in [5.74, 6) is 2.96. The lowest BCUT2D eigenvalue weighted by Gasteiger charge is -2.34. The molecule has 1 N–H and O–H groups in total. The normalized spacial score (nSPS) is 30.5. The van der Waals surface area contributed by atoms with Crippen LogP contribution in [0, 0.1) is 5.92 Å². The highest BCUT2D eigenvalue weighted by Gasteiger charge is 2.28. The highest BCUT2D eigenvalue weighted by molar-refractivity contribution is 8.00. The molecule has 2 unspecified atom stereocenters. The lowest BCUT2D eigenvalue weighted by Crippen LogP contribution is -2.49.